The molecule has 0 spiro atoms. The molecule has 1 aliphatic heterocycles. The Morgan fingerprint density at radius 1 is 1.67 bits per heavy atom. The molecule has 2 rings (SSSR count). The van der Waals surface area contributed by atoms with E-state index in [1.807, 2.05) is 18.5 Å². The Labute approximate surface area is 94.5 Å². The SMILES string of the molecule is Cn1c(Cl)cnc1CN1CCC(C)(O)C1. The Balaban J connectivity index is 2.02. The van der Waals surface area contributed by atoms with Crippen molar-refractivity contribution in [2.45, 2.75) is 25.5 Å². The minimum Gasteiger partial charge on any atom is -0.389 e. The Morgan fingerprint density at radius 3 is 2.87 bits per heavy atom. The van der Waals surface area contributed by atoms with Gasteiger partial charge in [-0.2, -0.15) is 0 Å². The van der Waals surface area contributed by atoms with Gasteiger partial charge in [0.05, 0.1) is 18.3 Å². The van der Waals surface area contributed by atoms with Crippen molar-refractivity contribution in [2.24, 2.45) is 7.05 Å². The van der Waals surface area contributed by atoms with E-state index in [0.717, 1.165) is 25.3 Å². The van der Waals surface area contributed by atoms with Gasteiger partial charge in [-0.3, -0.25) is 4.90 Å². The molecule has 1 aliphatic rings. The maximum atomic E-state index is 9.82. The third kappa shape index (κ3) is 2.33. The van der Waals surface area contributed by atoms with Gasteiger partial charge >= 0.3 is 0 Å². The molecule has 1 aromatic heterocycles. The standard InChI is InChI=1S/C10H16ClN3O/c1-10(15)3-4-14(7-10)6-9-12-5-8(11)13(9)2/h5,15H,3-4,6-7H2,1-2H3. The van der Waals surface area contributed by atoms with Crippen molar-refractivity contribution in [3.63, 3.8) is 0 Å². The summed E-state index contributed by atoms with van der Waals surface area (Å²) in [6.07, 6.45) is 2.48. The summed E-state index contributed by atoms with van der Waals surface area (Å²) in [7, 11) is 1.90. The minimum absolute atomic E-state index is 0.547. The lowest BCUT2D eigenvalue weighted by atomic mass is 10.1. The number of β-amino-alcohol motifs (C(OH)–C–C–N with tert-alkyl or cyclic N) is 1. The predicted octanol–water partition coefficient (Wildman–Crippen LogP) is 1.03. The monoisotopic (exact) mass is 229 g/mol. The highest BCUT2D eigenvalue weighted by Crippen LogP contribution is 2.22. The van der Waals surface area contributed by atoms with E-state index in [1.165, 1.54) is 0 Å². The molecular formula is C10H16ClN3O. The fourth-order valence-corrected chi connectivity index (χ4v) is 2.09. The summed E-state index contributed by atoms with van der Waals surface area (Å²) < 4.78 is 1.87. The lowest BCUT2D eigenvalue weighted by molar-refractivity contribution is 0.0675. The molecule has 1 atom stereocenters. The zero-order chi connectivity index (χ0) is 11.1. The molecule has 1 saturated heterocycles. The normalized spacial score (nSPS) is 27.5. The van der Waals surface area contributed by atoms with Crippen molar-refractivity contribution in [1.29, 1.82) is 0 Å². The Morgan fingerprint density at radius 2 is 2.40 bits per heavy atom. The van der Waals surface area contributed by atoms with Crippen LogP contribution < -0.4 is 0 Å². The Kier molecular flexibility index (Phi) is 2.75. The smallest absolute Gasteiger partial charge is 0.128 e. The second-order valence-electron chi connectivity index (χ2n) is 4.51. The van der Waals surface area contributed by atoms with Gasteiger partial charge in [0.25, 0.3) is 0 Å². The number of halogens is 1. The van der Waals surface area contributed by atoms with Crippen LogP contribution in [0, 0.1) is 0 Å². The van der Waals surface area contributed by atoms with Gasteiger partial charge in [0.1, 0.15) is 11.0 Å². The van der Waals surface area contributed by atoms with Crippen molar-refractivity contribution in [1.82, 2.24) is 14.5 Å². The van der Waals surface area contributed by atoms with Crippen LogP contribution in [-0.2, 0) is 13.6 Å². The lowest BCUT2D eigenvalue weighted by Gasteiger charge is -2.18. The van der Waals surface area contributed by atoms with Crippen LogP contribution in [0.15, 0.2) is 6.20 Å². The van der Waals surface area contributed by atoms with Gasteiger partial charge in [-0.25, -0.2) is 4.98 Å². The summed E-state index contributed by atoms with van der Waals surface area (Å²) in [6, 6.07) is 0. The van der Waals surface area contributed by atoms with E-state index in [2.05, 4.69) is 9.88 Å². The molecule has 0 aliphatic carbocycles. The number of likely N-dealkylation sites (tertiary alicyclic amines) is 1. The van der Waals surface area contributed by atoms with Crippen molar-refractivity contribution in [3.05, 3.63) is 17.2 Å². The van der Waals surface area contributed by atoms with Crippen LogP contribution >= 0.6 is 11.6 Å². The quantitative estimate of drug-likeness (QED) is 0.824. The molecule has 5 heteroatoms. The highest BCUT2D eigenvalue weighted by atomic mass is 35.5. The molecule has 1 N–H and O–H groups in total. The number of hydrogen-bond donors (Lipinski definition) is 1. The fourth-order valence-electron chi connectivity index (χ4n) is 1.94. The first-order valence-corrected chi connectivity index (χ1v) is 5.46. The van der Waals surface area contributed by atoms with Crippen LogP contribution in [0.25, 0.3) is 0 Å². The fraction of sp³-hybridized carbons (Fsp3) is 0.700. The molecule has 0 saturated carbocycles. The van der Waals surface area contributed by atoms with Crippen LogP contribution in [0.2, 0.25) is 5.15 Å². The van der Waals surface area contributed by atoms with Crippen LogP contribution in [-0.4, -0.2) is 38.2 Å². The van der Waals surface area contributed by atoms with E-state index in [1.54, 1.807) is 6.20 Å². The number of aliphatic hydroxyl groups is 1. The first-order chi connectivity index (χ1) is 6.98. The number of nitrogens with zero attached hydrogens (tertiary/aromatic N) is 3. The van der Waals surface area contributed by atoms with E-state index >= 15 is 0 Å². The van der Waals surface area contributed by atoms with Crippen molar-refractivity contribution in [3.8, 4) is 0 Å². The highest BCUT2D eigenvalue weighted by molar-refractivity contribution is 6.29. The van der Waals surface area contributed by atoms with Crippen LogP contribution in [0.4, 0.5) is 0 Å². The van der Waals surface area contributed by atoms with E-state index in [-0.39, 0.29) is 0 Å². The number of imidazole rings is 1. The van der Waals surface area contributed by atoms with Gasteiger partial charge in [-0.05, 0) is 13.3 Å². The van der Waals surface area contributed by atoms with Crippen LogP contribution in [0.3, 0.4) is 0 Å². The van der Waals surface area contributed by atoms with Crippen molar-refractivity contribution < 1.29 is 5.11 Å². The zero-order valence-electron chi connectivity index (χ0n) is 9.07. The molecule has 84 valence electrons. The molecule has 0 aromatic carbocycles. The van der Waals surface area contributed by atoms with Gasteiger partial charge in [-0.1, -0.05) is 11.6 Å². The Bertz CT molecular complexity index is 362. The third-order valence-corrected chi connectivity index (χ3v) is 3.27. The molecule has 0 bridgehead atoms. The third-order valence-electron chi connectivity index (χ3n) is 2.92. The lowest BCUT2D eigenvalue weighted by Crippen LogP contribution is -2.30. The average molecular weight is 230 g/mol. The molecular weight excluding hydrogens is 214 g/mol. The molecule has 1 unspecified atom stereocenters. The first kappa shape index (κ1) is 10.9. The van der Waals surface area contributed by atoms with E-state index in [0.29, 0.717) is 11.7 Å². The molecule has 1 fully saturated rings. The second kappa shape index (κ2) is 3.77. The second-order valence-corrected chi connectivity index (χ2v) is 4.90. The van der Waals surface area contributed by atoms with E-state index in [4.69, 9.17) is 11.6 Å². The Hall–Kier alpha value is -0.580. The first-order valence-electron chi connectivity index (χ1n) is 5.09. The largest absolute Gasteiger partial charge is 0.389 e. The maximum absolute atomic E-state index is 9.82. The number of aromatic nitrogens is 2. The molecule has 0 radical (unpaired) electrons. The van der Waals surface area contributed by atoms with Crippen LogP contribution in [0.1, 0.15) is 19.2 Å². The molecule has 0 amide bonds. The summed E-state index contributed by atoms with van der Waals surface area (Å²) in [5.74, 6) is 0.942. The summed E-state index contributed by atoms with van der Waals surface area (Å²) in [6.45, 7) is 4.24. The summed E-state index contributed by atoms with van der Waals surface area (Å²) in [4.78, 5) is 6.43. The molecule has 2 heterocycles. The van der Waals surface area contributed by atoms with Gasteiger partial charge in [0.15, 0.2) is 0 Å². The zero-order valence-corrected chi connectivity index (χ0v) is 9.83. The number of rotatable bonds is 2. The minimum atomic E-state index is -0.547. The summed E-state index contributed by atoms with van der Waals surface area (Å²) >= 11 is 5.90. The van der Waals surface area contributed by atoms with Gasteiger partial charge < -0.3 is 9.67 Å². The van der Waals surface area contributed by atoms with Gasteiger partial charge in [0, 0.05) is 20.1 Å². The molecule has 4 nitrogen and oxygen atoms in total. The molecule has 15 heavy (non-hydrogen) atoms. The summed E-state index contributed by atoms with van der Waals surface area (Å²) in [5.41, 5.74) is -0.547. The summed E-state index contributed by atoms with van der Waals surface area (Å²) in [5, 5.41) is 10.5. The van der Waals surface area contributed by atoms with Crippen molar-refractivity contribution in [2.75, 3.05) is 13.1 Å². The number of hydrogen-bond acceptors (Lipinski definition) is 3. The topological polar surface area (TPSA) is 41.3 Å². The van der Waals surface area contributed by atoms with Crippen LogP contribution in [0.5, 0.6) is 0 Å². The average Bonchev–Trinajstić information content (AvgIpc) is 2.63. The maximum Gasteiger partial charge on any atom is 0.128 e. The van der Waals surface area contributed by atoms with E-state index in [9.17, 15) is 5.11 Å². The van der Waals surface area contributed by atoms with E-state index < -0.39 is 5.60 Å². The predicted molar refractivity (Wildman–Crippen MR) is 58.7 cm³/mol. The highest BCUT2D eigenvalue weighted by Gasteiger charge is 2.31. The van der Waals surface area contributed by atoms with Gasteiger partial charge in [0.2, 0.25) is 0 Å². The molecule has 1 aromatic rings. The van der Waals surface area contributed by atoms with Crippen molar-refractivity contribution >= 4 is 11.6 Å². The van der Waals surface area contributed by atoms with Gasteiger partial charge in [-0.15, -0.1) is 0 Å².